The van der Waals surface area contributed by atoms with E-state index in [0.717, 1.165) is 34.4 Å². The topological polar surface area (TPSA) is 118 Å². The van der Waals surface area contributed by atoms with Crippen molar-refractivity contribution in [2.75, 3.05) is 11.9 Å². The Hall–Kier alpha value is -3.48. The van der Waals surface area contributed by atoms with Gasteiger partial charge in [-0.05, 0) is 43.2 Å². The fourth-order valence-corrected chi connectivity index (χ4v) is 3.27. The fourth-order valence-electron chi connectivity index (χ4n) is 3.27. The molecular weight excluding hydrogens is 326 g/mol. The highest BCUT2D eigenvalue weighted by atomic mass is 15.1. The van der Waals surface area contributed by atoms with Crippen LogP contribution in [0.1, 0.15) is 11.1 Å². The molecule has 0 fully saturated rings. The van der Waals surface area contributed by atoms with Gasteiger partial charge in [-0.3, -0.25) is 10.5 Å². The van der Waals surface area contributed by atoms with Gasteiger partial charge in [0.15, 0.2) is 5.96 Å². The number of guanidine groups is 1. The van der Waals surface area contributed by atoms with Crippen LogP contribution in [0.3, 0.4) is 0 Å². The van der Waals surface area contributed by atoms with Crippen LogP contribution >= 0.6 is 0 Å². The van der Waals surface area contributed by atoms with Gasteiger partial charge in [-0.1, -0.05) is 11.6 Å². The summed E-state index contributed by atoms with van der Waals surface area (Å²) in [6.07, 6.45) is 4.32. The Morgan fingerprint density at radius 1 is 1.19 bits per heavy atom. The molecule has 0 unspecified atom stereocenters. The van der Waals surface area contributed by atoms with E-state index >= 15 is 0 Å². The number of hydrogen-bond donors (Lipinski definition) is 6. The van der Waals surface area contributed by atoms with Crippen LogP contribution in [0.15, 0.2) is 42.7 Å². The number of aryl methyl sites for hydroxylation is 1. The zero-order chi connectivity index (χ0) is 18.1. The Morgan fingerprint density at radius 3 is 2.85 bits per heavy atom. The fraction of sp³-hybridized carbons (Fsp3) is 0.158. The number of H-pyrrole nitrogens is 2. The van der Waals surface area contributed by atoms with Gasteiger partial charge in [0.2, 0.25) is 0 Å². The Kier molecular flexibility index (Phi) is 3.96. The summed E-state index contributed by atoms with van der Waals surface area (Å²) in [7, 11) is 0. The maximum absolute atomic E-state index is 7.34. The van der Waals surface area contributed by atoms with E-state index in [1.165, 1.54) is 16.3 Å². The number of hydrogen-bond acceptors (Lipinski definition) is 3. The Morgan fingerprint density at radius 2 is 2.08 bits per heavy atom. The van der Waals surface area contributed by atoms with Gasteiger partial charge in [-0.25, -0.2) is 0 Å². The van der Waals surface area contributed by atoms with Crippen LogP contribution in [-0.4, -0.2) is 27.7 Å². The van der Waals surface area contributed by atoms with Crippen LogP contribution in [0.2, 0.25) is 0 Å². The second-order valence-corrected chi connectivity index (χ2v) is 6.43. The number of aromatic amines is 2. The van der Waals surface area contributed by atoms with E-state index in [1.54, 1.807) is 6.20 Å². The monoisotopic (exact) mass is 347 g/mol. The third-order valence-corrected chi connectivity index (χ3v) is 4.44. The van der Waals surface area contributed by atoms with Crippen molar-refractivity contribution in [1.82, 2.24) is 20.5 Å². The highest BCUT2D eigenvalue weighted by molar-refractivity contribution is 6.09. The number of nitrogens with one attached hydrogen (secondary N) is 5. The molecule has 0 aliphatic heterocycles. The summed E-state index contributed by atoms with van der Waals surface area (Å²) in [5.41, 5.74) is 11.9. The number of fused-ring (bicyclic) bond motifs is 3. The highest BCUT2D eigenvalue weighted by Crippen LogP contribution is 2.32. The lowest BCUT2D eigenvalue weighted by atomic mass is 10.0. The molecule has 0 aliphatic rings. The van der Waals surface area contributed by atoms with Crippen molar-refractivity contribution in [3.8, 4) is 0 Å². The highest BCUT2D eigenvalue weighted by Gasteiger charge is 2.11. The van der Waals surface area contributed by atoms with E-state index in [0.29, 0.717) is 6.54 Å². The van der Waals surface area contributed by atoms with Gasteiger partial charge in [0.1, 0.15) is 0 Å². The van der Waals surface area contributed by atoms with E-state index in [4.69, 9.17) is 11.1 Å². The Bertz CT molecular complexity index is 1080. The molecule has 132 valence electrons. The first kappa shape index (κ1) is 16.0. The molecule has 2 aromatic heterocycles. The summed E-state index contributed by atoms with van der Waals surface area (Å²) >= 11 is 0. The lowest BCUT2D eigenvalue weighted by Gasteiger charge is -2.10. The number of nitrogens with two attached hydrogens (primary N) is 1. The Labute approximate surface area is 150 Å². The summed E-state index contributed by atoms with van der Waals surface area (Å²) < 4.78 is 0. The lowest BCUT2D eigenvalue weighted by Crippen LogP contribution is -2.31. The molecule has 2 heterocycles. The van der Waals surface area contributed by atoms with Crippen molar-refractivity contribution >= 4 is 39.1 Å². The molecule has 4 aromatic rings. The van der Waals surface area contributed by atoms with Crippen molar-refractivity contribution in [2.45, 2.75) is 13.3 Å². The third kappa shape index (κ3) is 3.06. The normalized spacial score (nSPS) is 11.1. The van der Waals surface area contributed by atoms with E-state index in [9.17, 15) is 0 Å². The summed E-state index contributed by atoms with van der Waals surface area (Å²) in [5.74, 6) is -0.0128. The average Bonchev–Trinajstić information content (AvgIpc) is 3.22. The van der Waals surface area contributed by atoms with Crippen molar-refractivity contribution in [2.24, 2.45) is 5.73 Å². The molecule has 0 saturated carbocycles. The molecule has 0 saturated heterocycles. The van der Waals surface area contributed by atoms with E-state index < -0.39 is 0 Å². The van der Waals surface area contributed by atoms with Crippen LogP contribution in [0.5, 0.6) is 0 Å². The standard InChI is InChI=1S/C19H21N7/c1-11-2-3-17-15(6-11)16-8-13(25-14-9-23-24-10-14)7-12(18(16)26-17)4-5-22-19(20)21/h2-3,6-10,25-26H,4-5H2,1H3,(H,23,24)(H4,20,21,22). The van der Waals surface area contributed by atoms with Gasteiger partial charge in [-0.2, -0.15) is 5.10 Å². The Balaban J connectivity index is 1.82. The number of anilines is 2. The summed E-state index contributed by atoms with van der Waals surface area (Å²) in [4.78, 5) is 3.54. The number of rotatable bonds is 5. The minimum Gasteiger partial charge on any atom is -0.370 e. The summed E-state index contributed by atoms with van der Waals surface area (Å²) in [5, 5.41) is 22.8. The predicted octanol–water partition coefficient (Wildman–Crippen LogP) is 3.12. The number of benzene rings is 2. The van der Waals surface area contributed by atoms with Crippen molar-refractivity contribution < 1.29 is 0 Å². The first-order valence-electron chi connectivity index (χ1n) is 8.49. The summed E-state index contributed by atoms with van der Waals surface area (Å²) in [6, 6.07) is 10.7. The third-order valence-electron chi connectivity index (χ3n) is 4.44. The minimum atomic E-state index is -0.0128. The van der Waals surface area contributed by atoms with Gasteiger partial charge < -0.3 is 21.4 Å². The molecule has 0 bridgehead atoms. The van der Waals surface area contributed by atoms with Crippen molar-refractivity contribution in [1.29, 1.82) is 5.41 Å². The quantitative estimate of drug-likeness (QED) is 0.245. The van der Waals surface area contributed by atoms with Crippen LogP contribution in [0.4, 0.5) is 11.4 Å². The molecule has 7 heteroatoms. The first-order valence-corrected chi connectivity index (χ1v) is 8.49. The van der Waals surface area contributed by atoms with Gasteiger partial charge in [-0.15, -0.1) is 0 Å². The molecule has 26 heavy (non-hydrogen) atoms. The van der Waals surface area contributed by atoms with Crippen LogP contribution in [0, 0.1) is 12.3 Å². The predicted molar refractivity (Wildman–Crippen MR) is 106 cm³/mol. The van der Waals surface area contributed by atoms with E-state index in [-0.39, 0.29) is 5.96 Å². The van der Waals surface area contributed by atoms with Gasteiger partial charge >= 0.3 is 0 Å². The molecule has 2 aromatic carbocycles. The van der Waals surface area contributed by atoms with E-state index in [2.05, 4.69) is 63.1 Å². The first-order chi connectivity index (χ1) is 12.6. The minimum absolute atomic E-state index is 0.0128. The van der Waals surface area contributed by atoms with Gasteiger partial charge in [0, 0.05) is 40.2 Å². The molecule has 7 nitrogen and oxygen atoms in total. The molecule has 0 aliphatic carbocycles. The van der Waals surface area contributed by atoms with Crippen LogP contribution in [-0.2, 0) is 6.42 Å². The maximum atomic E-state index is 7.34. The second-order valence-electron chi connectivity index (χ2n) is 6.43. The largest absolute Gasteiger partial charge is 0.370 e. The van der Waals surface area contributed by atoms with Crippen molar-refractivity contribution in [3.63, 3.8) is 0 Å². The molecule has 0 radical (unpaired) electrons. The SMILES string of the molecule is Cc1ccc2[nH]c3c(CCNC(=N)N)cc(Nc4cn[nH]c4)cc3c2c1. The smallest absolute Gasteiger partial charge is 0.185 e. The average molecular weight is 347 g/mol. The maximum Gasteiger partial charge on any atom is 0.185 e. The molecule has 4 rings (SSSR count). The molecular formula is C19H21N7. The lowest BCUT2D eigenvalue weighted by molar-refractivity contribution is 0.857. The summed E-state index contributed by atoms with van der Waals surface area (Å²) in [6.45, 7) is 2.71. The van der Waals surface area contributed by atoms with Crippen LogP contribution in [0.25, 0.3) is 21.8 Å². The van der Waals surface area contributed by atoms with Crippen molar-refractivity contribution in [3.05, 3.63) is 53.9 Å². The zero-order valence-corrected chi connectivity index (χ0v) is 14.5. The molecule has 0 atom stereocenters. The number of aromatic nitrogens is 3. The molecule has 0 spiro atoms. The second kappa shape index (κ2) is 6.44. The molecule has 0 amide bonds. The van der Waals surface area contributed by atoms with Crippen LogP contribution < -0.4 is 16.4 Å². The van der Waals surface area contributed by atoms with Gasteiger partial charge in [0.25, 0.3) is 0 Å². The molecule has 7 N–H and O–H groups in total. The zero-order valence-electron chi connectivity index (χ0n) is 14.5. The van der Waals surface area contributed by atoms with Gasteiger partial charge in [0.05, 0.1) is 11.9 Å². The van der Waals surface area contributed by atoms with E-state index in [1.807, 2.05) is 6.20 Å². The number of nitrogens with zero attached hydrogens (tertiary/aromatic N) is 1.